The van der Waals surface area contributed by atoms with E-state index in [1.54, 1.807) is 13.8 Å². The maximum Gasteiger partial charge on any atom is 0.339 e. The van der Waals surface area contributed by atoms with E-state index in [9.17, 15) is 19.5 Å². The van der Waals surface area contributed by atoms with Gasteiger partial charge in [-0.3, -0.25) is 4.79 Å². The van der Waals surface area contributed by atoms with Crippen LogP contribution in [0, 0.1) is 0 Å². The van der Waals surface area contributed by atoms with Crippen LogP contribution in [0.15, 0.2) is 18.2 Å². The molecule has 0 fully saturated rings. The normalized spacial score (nSPS) is 10.8. The minimum atomic E-state index is -1.53. The highest BCUT2D eigenvalue weighted by Crippen LogP contribution is 2.41. The highest BCUT2D eigenvalue weighted by Gasteiger charge is 2.29. The van der Waals surface area contributed by atoms with Crippen molar-refractivity contribution in [2.45, 2.75) is 20.0 Å². The molecule has 2 rings (SSSR count). The van der Waals surface area contributed by atoms with Crippen molar-refractivity contribution >= 4 is 81.5 Å². The zero-order valence-corrected chi connectivity index (χ0v) is 18.6. The summed E-state index contributed by atoms with van der Waals surface area (Å²) in [4.78, 5) is 36.5. The van der Waals surface area contributed by atoms with E-state index in [1.807, 2.05) is 0 Å². The molecular formula is C18H12Cl5NO5. The highest BCUT2D eigenvalue weighted by molar-refractivity contribution is 6.54. The summed E-state index contributed by atoms with van der Waals surface area (Å²) in [5.74, 6) is -3.15. The van der Waals surface area contributed by atoms with E-state index in [2.05, 4.69) is 5.32 Å². The van der Waals surface area contributed by atoms with Gasteiger partial charge in [-0.1, -0.05) is 58.0 Å². The first-order valence-corrected chi connectivity index (χ1v) is 9.75. The molecule has 0 aliphatic heterocycles. The molecule has 6 nitrogen and oxygen atoms in total. The summed E-state index contributed by atoms with van der Waals surface area (Å²) in [6.45, 7) is 3.34. The number of carbonyl (C=O) groups is 3. The monoisotopic (exact) mass is 497 g/mol. The Morgan fingerprint density at radius 2 is 1.48 bits per heavy atom. The number of nitrogens with one attached hydrogen (secondary N) is 1. The quantitative estimate of drug-likeness (QED) is 0.279. The number of rotatable bonds is 5. The number of amides is 1. The van der Waals surface area contributed by atoms with E-state index < -0.39 is 34.0 Å². The molecule has 2 N–H and O–H groups in total. The third-order valence-corrected chi connectivity index (χ3v) is 5.63. The number of halogens is 5. The Morgan fingerprint density at radius 1 is 0.931 bits per heavy atom. The van der Waals surface area contributed by atoms with Gasteiger partial charge >= 0.3 is 11.9 Å². The topological polar surface area (TPSA) is 92.7 Å². The fraction of sp³-hybridized carbons (Fsp3) is 0.167. The van der Waals surface area contributed by atoms with E-state index in [-0.39, 0.29) is 37.4 Å². The Hall–Kier alpha value is -1.70. The van der Waals surface area contributed by atoms with Crippen LogP contribution >= 0.6 is 58.0 Å². The molecule has 0 saturated heterocycles. The van der Waals surface area contributed by atoms with Gasteiger partial charge in [0.2, 0.25) is 0 Å². The zero-order valence-electron chi connectivity index (χ0n) is 14.8. The molecular weight excluding hydrogens is 487 g/mol. The van der Waals surface area contributed by atoms with Crippen LogP contribution in [0.2, 0.25) is 25.1 Å². The molecule has 0 bridgehead atoms. The summed E-state index contributed by atoms with van der Waals surface area (Å²) < 4.78 is 5.09. The maximum atomic E-state index is 12.8. The predicted octanol–water partition coefficient (Wildman–Crippen LogP) is 6.47. The number of hydrogen-bond acceptors (Lipinski definition) is 4. The van der Waals surface area contributed by atoms with Crippen molar-refractivity contribution in [3.63, 3.8) is 0 Å². The molecule has 2 aromatic carbocycles. The van der Waals surface area contributed by atoms with Crippen LogP contribution < -0.4 is 5.32 Å². The van der Waals surface area contributed by atoms with Crippen molar-refractivity contribution in [1.29, 1.82) is 0 Å². The van der Waals surface area contributed by atoms with Gasteiger partial charge in [-0.15, -0.1) is 0 Å². The van der Waals surface area contributed by atoms with Crippen molar-refractivity contribution < 1.29 is 24.2 Å². The smallest absolute Gasteiger partial charge is 0.339 e. The molecule has 0 radical (unpaired) electrons. The number of anilines is 1. The van der Waals surface area contributed by atoms with E-state index >= 15 is 0 Å². The molecule has 0 spiro atoms. The van der Waals surface area contributed by atoms with Crippen LogP contribution in [0.5, 0.6) is 0 Å². The molecule has 0 aliphatic rings. The number of esters is 1. The molecule has 154 valence electrons. The van der Waals surface area contributed by atoms with Gasteiger partial charge in [0.1, 0.15) is 0 Å². The summed E-state index contributed by atoms with van der Waals surface area (Å²) in [6.07, 6.45) is -0.382. The molecule has 0 aliphatic carbocycles. The van der Waals surface area contributed by atoms with Crippen LogP contribution in [0.3, 0.4) is 0 Å². The SMILES string of the molecule is CC(C)OC(=O)c1cc(NC(=O)c2c(Cl)c(Cl)c(Cl)c(Cl)c2C(=O)O)ccc1Cl. The lowest BCUT2D eigenvalue weighted by Gasteiger charge is -2.15. The maximum absolute atomic E-state index is 12.8. The lowest BCUT2D eigenvalue weighted by molar-refractivity contribution is 0.0377. The van der Waals surface area contributed by atoms with Crippen molar-refractivity contribution in [2.75, 3.05) is 5.32 Å². The Morgan fingerprint density at radius 3 is 2.00 bits per heavy atom. The first-order valence-electron chi connectivity index (χ1n) is 7.86. The third kappa shape index (κ3) is 5.08. The third-order valence-electron chi connectivity index (χ3n) is 3.49. The minimum absolute atomic E-state index is 0.00916. The lowest BCUT2D eigenvalue weighted by atomic mass is 10.1. The number of carbonyl (C=O) groups excluding carboxylic acids is 2. The fourth-order valence-electron chi connectivity index (χ4n) is 2.28. The van der Waals surface area contributed by atoms with E-state index in [0.29, 0.717) is 0 Å². The second-order valence-electron chi connectivity index (χ2n) is 5.91. The van der Waals surface area contributed by atoms with E-state index in [1.165, 1.54) is 18.2 Å². The van der Waals surface area contributed by atoms with Crippen LogP contribution in [-0.2, 0) is 4.74 Å². The Kier molecular flexibility index (Phi) is 7.65. The van der Waals surface area contributed by atoms with Gasteiger partial charge in [0.15, 0.2) is 0 Å². The minimum Gasteiger partial charge on any atom is -0.478 e. The van der Waals surface area contributed by atoms with Crippen LogP contribution in [0.25, 0.3) is 0 Å². The van der Waals surface area contributed by atoms with Gasteiger partial charge in [0.25, 0.3) is 5.91 Å². The van der Waals surface area contributed by atoms with Gasteiger partial charge in [-0.25, -0.2) is 9.59 Å². The van der Waals surface area contributed by atoms with Gasteiger partial charge in [-0.05, 0) is 32.0 Å². The van der Waals surface area contributed by atoms with Crippen molar-refractivity contribution in [3.05, 3.63) is 60.0 Å². The Labute approximate surface area is 190 Å². The summed E-state index contributed by atoms with van der Waals surface area (Å²) >= 11 is 29.8. The molecule has 1 amide bonds. The highest BCUT2D eigenvalue weighted by atomic mass is 35.5. The molecule has 0 saturated carbocycles. The first kappa shape index (κ1) is 23.6. The van der Waals surface area contributed by atoms with Crippen LogP contribution in [0.4, 0.5) is 5.69 Å². The molecule has 0 atom stereocenters. The second-order valence-corrected chi connectivity index (χ2v) is 7.83. The number of ether oxygens (including phenoxy) is 1. The number of aromatic carboxylic acids is 1. The van der Waals surface area contributed by atoms with Crippen molar-refractivity contribution in [2.24, 2.45) is 0 Å². The van der Waals surface area contributed by atoms with Gasteiger partial charge in [0, 0.05) is 5.69 Å². The van der Waals surface area contributed by atoms with Gasteiger partial charge in [-0.2, -0.15) is 0 Å². The molecule has 29 heavy (non-hydrogen) atoms. The van der Waals surface area contributed by atoms with Crippen molar-refractivity contribution in [1.82, 2.24) is 0 Å². The van der Waals surface area contributed by atoms with E-state index in [4.69, 9.17) is 62.7 Å². The fourth-order valence-corrected chi connectivity index (χ4v) is 3.49. The molecule has 11 heteroatoms. The molecule has 0 heterocycles. The predicted molar refractivity (Wildman–Crippen MR) is 113 cm³/mol. The largest absolute Gasteiger partial charge is 0.478 e. The summed E-state index contributed by atoms with van der Waals surface area (Å²) in [5, 5.41) is 10.6. The van der Waals surface area contributed by atoms with Gasteiger partial charge in [0.05, 0.1) is 47.9 Å². The lowest BCUT2D eigenvalue weighted by Crippen LogP contribution is -2.19. The summed E-state index contributed by atoms with van der Waals surface area (Å²) in [6, 6.07) is 4.05. The number of hydrogen-bond donors (Lipinski definition) is 2. The Bertz CT molecular complexity index is 1020. The van der Waals surface area contributed by atoms with Crippen LogP contribution in [0.1, 0.15) is 44.9 Å². The van der Waals surface area contributed by atoms with Crippen molar-refractivity contribution in [3.8, 4) is 0 Å². The van der Waals surface area contributed by atoms with E-state index in [0.717, 1.165) is 0 Å². The number of carboxylic acid groups (broad SMARTS) is 1. The molecule has 2 aromatic rings. The Balaban J connectivity index is 2.49. The summed E-state index contributed by atoms with van der Waals surface area (Å²) in [5.41, 5.74) is -0.962. The average Bonchev–Trinajstić information content (AvgIpc) is 2.63. The van der Waals surface area contributed by atoms with Gasteiger partial charge < -0.3 is 15.2 Å². The first-order chi connectivity index (χ1) is 13.5. The molecule has 0 unspecified atom stereocenters. The zero-order chi connectivity index (χ0) is 22.0. The summed E-state index contributed by atoms with van der Waals surface area (Å²) in [7, 11) is 0. The molecule has 0 aromatic heterocycles. The van der Waals surface area contributed by atoms with Crippen LogP contribution in [-0.4, -0.2) is 29.1 Å². The number of carboxylic acids is 1. The standard InChI is InChI=1S/C18H12Cl5NO5/c1-6(2)29-18(28)8-5-7(3-4-9(8)19)24-16(25)10-11(17(26)27)13(21)15(23)14(22)12(10)20/h3-6H,1-2H3,(H,24,25)(H,26,27). The average molecular weight is 500 g/mol. The second kappa shape index (κ2) is 9.41. The number of benzene rings is 2.